The lowest BCUT2D eigenvalue weighted by Gasteiger charge is -2.43. The summed E-state index contributed by atoms with van der Waals surface area (Å²) in [6.45, 7) is 4.71. The molecule has 0 amide bonds. The van der Waals surface area contributed by atoms with E-state index in [1.165, 1.54) is 12.1 Å². The second-order valence-electron chi connectivity index (χ2n) is 5.61. The van der Waals surface area contributed by atoms with Crippen molar-refractivity contribution >= 4 is 5.69 Å². The molecule has 0 spiro atoms. The molecular weight excluding hydrogens is 271 g/mol. The summed E-state index contributed by atoms with van der Waals surface area (Å²) in [5, 5.41) is 9.24. The van der Waals surface area contributed by atoms with E-state index in [2.05, 4.69) is 0 Å². The molecule has 2 rings (SSSR count). The average Bonchev–Trinajstić information content (AvgIpc) is 2.36. The number of hydrogen-bond acceptors (Lipinski definition) is 3. The Balaban J connectivity index is 2.18. The number of benzene rings is 1. The van der Waals surface area contributed by atoms with Crippen LogP contribution in [0.15, 0.2) is 24.3 Å². The smallest absolute Gasteiger partial charge is 0.394 e. The van der Waals surface area contributed by atoms with Crippen LogP contribution in [0.3, 0.4) is 0 Å². The summed E-state index contributed by atoms with van der Waals surface area (Å²) < 4.78 is 43.3. The molecule has 1 aromatic rings. The van der Waals surface area contributed by atoms with Crippen molar-refractivity contribution in [3.8, 4) is 0 Å². The standard InChI is InChI=1S/C14H18F3NO2/c1-13(2)9-18(7-12(8-19)20-13)11-5-3-10(4-6-11)14(15,16)17/h3-6,12,19H,7-9H2,1-2H3. The quantitative estimate of drug-likeness (QED) is 0.908. The average molecular weight is 289 g/mol. The first kappa shape index (κ1) is 15.1. The molecule has 1 aromatic carbocycles. The van der Waals surface area contributed by atoms with Gasteiger partial charge in [0.1, 0.15) is 0 Å². The van der Waals surface area contributed by atoms with Crippen LogP contribution in [0, 0.1) is 0 Å². The van der Waals surface area contributed by atoms with E-state index in [1.807, 2.05) is 18.7 Å². The maximum Gasteiger partial charge on any atom is 0.416 e. The summed E-state index contributed by atoms with van der Waals surface area (Å²) >= 11 is 0. The highest BCUT2D eigenvalue weighted by molar-refractivity contribution is 5.49. The number of aliphatic hydroxyl groups is 1. The normalized spacial score (nSPS) is 22.9. The van der Waals surface area contributed by atoms with Gasteiger partial charge in [-0.1, -0.05) is 0 Å². The van der Waals surface area contributed by atoms with Crippen LogP contribution in [0.4, 0.5) is 18.9 Å². The van der Waals surface area contributed by atoms with Crippen LogP contribution in [-0.4, -0.2) is 36.5 Å². The Kier molecular flexibility index (Phi) is 3.97. The van der Waals surface area contributed by atoms with Gasteiger partial charge in [0.05, 0.1) is 23.9 Å². The molecule has 0 aliphatic carbocycles. The van der Waals surface area contributed by atoms with Gasteiger partial charge in [-0.05, 0) is 38.1 Å². The van der Waals surface area contributed by atoms with Gasteiger partial charge in [0, 0.05) is 18.8 Å². The van der Waals surface area contributed by atoms with E-state index in [9.17, 15) is 18.3 Å². The second kappa shape index (κ2) is 5.26. The molecule has 6 heteroatoms. The molecule has 3 nitrogen and oxygen atoms in total. The number of hydrogen-bond donors (Lipinski definition) is 1. The number of ether oxygens (including phenoxy) is 1. The van der Waals surface area contributed by atoms with E-state index in [0.29, 0.717) is 18.8 Å². The van der Waals surface area contributed by atoms with Gasteiger partial charge in [-0.3, -0.25) is 0 Å². The lowest BCUT2D eigenvalue weighted by molar-refractivity contribution is -0.137. The monoisotopic (exact) mass is 289 g/mol. The van der Waals surface area contributed by atoms with Crippen LogP contribution in [0.5, 0.6) is 0 Å². The van der Waals surface area contributed by atoms with Crippen molar-refractivity contribution in [1.82, 2.24) is 0 Å². The van der Waals surface area contributed by atoms with Crippen molar-refractivity contribution < 1.29 is 23.0 Å². The number of anilines is 1. The van der Waals surface area contributed by atoms with Crippen LogP contribution in [-0.2, 0) is 10.9 Å². The first-order chi connectivity index (χ1) is 9.21. The third kappa shape index (κ3) is 3.43. The molecular formula is C14H18F3NO2. The second-order valence-corrected chi connectivity index (χ2v) is 5.61. The fraction of sp³-hybridized carbons (Fsp3) is 0.571. The lowest BCUT2D eigenvalue weighted by Crippen LogP contribution is -2.54. The topological polar surface area (TPSA) is 32.7 Å². The van der Waals surface area contributed by atoms with E-state index in [-0.39, 0.29) is 12.7 Å². The van der Waals surface area contributed by atoms with Gasteiger partial charge in [-0.25, -0.2) is 0 Å². The molecule has 1 aliphatic heterocycles. The fourth-order valence-electron chi connectivity index (χ4n) is 2.45. The third-order valence-electron chi connectivity index (χ3n) is 3.24. The first-order valence-electron chi connectivity index (χ1n) is 6.42. The van der Waals surface area contributed by atoms with Gasteiger partial charge in [0.2, 0.25) is 0 Å². The molecule has 0 bridgehead atoms. The van der Waals surface area contributed by atoms with Crippen molar-refractivity contribution in [1.29, 1.82) is 0 Å². The first-order valence-corrected chi connectivity index (χ1v) is 6.42. The maximum atomic E-state index is 12.5. The van der Waals surface area contributed by atoms with Crippen LogP contribution in [0.1, 0.15) is 19.4 Å². The highest BCUT2D eigenvalue weighted by Crippen LogP contribution is 2.32. The predicted octanol–water partition coefficient (Wildman–Crippen LogP) is 2.68. The van der Waals surface area contributed by atoms with Crippen molar-refractivity contribution in [2.24, 2.45) is 0 Å². The molecule has 1 saturated heterocycles. The lowest BCUT2D eigenvalue weighted by atomic mass is 10.0. The predicted molar refractivity (Wildman–Crippen MR) is 69.7 cm³/mol. The minimum Gasteiger partial charge on any atom is -0.394 e. The molecule has 1 atom stereocenters. The number of alkyl halides is 3. The maximum absolute atomic E-state index is 12.5. The van der Waals surface area contributed by atoms with Crippen molar-refractivity contribution in [3.05, 3.63) is 29.8 Å². The zero-order chi connectivity index (χ0) is 15.0. The van der Waals surface area contributed by atoms with Crippen LogP contribution in [0.2, 0.25) is 0 Å². The number of halogens is 3. The molecule has 1 N–H and O–H groups in total. The van der Waals surface area contributed by atoms with Gasteiger partial charge in [-0.15, -0.1) is 0 Å². The van der Waals surface area contributed by atoms with Gasteiger partial charge < -0.3 is 14.7 Å². The van der Waals surface area contributed by atoms with Gasteiger partial charge in [0.15, 0.2) is 0 Å². The summed E-state index contributed by atoms with van der Waals surface area (Å²) in [4.78, 5) is 1.94. The largest absolute Gasteiger partial charge is 0.416 e. The summed E-state index contributed by atoms with van der Waals surface area (Å²) in [5.74, 6) is 0. The summed E-state index contributed by atoms with van der Waals surface area (Å²) in [6.07, 6.45) is -4.66. The number of aliphatic hydroxyl groups excluding tert-OH is 1. The van der Waals surface area contributed by atoms with E-state index in [4.69, 9.17) is 4.74 Å². The van der Waals surface area contributed by atoms with Crippen LogP contribution < -0.4 is 4.90 Å². The van der Waals surface area contributed by atoms with Gasteiger partial charge >= 0.3 is 6.18 Å². The van der Waals surface area contributed by atoms with E-state index < -0.39 is 17.3 Å². The molecule has 20 heavy (non-hydrogen) atoms. The van der Waals surface area contributed by atoms with Crippen LogP contribution >= 0.6 is 0 Å². The van der Waals surface area contributed by atoms with E-state index in [0.717, 1.165) is 12.1 Å². The molecule has 1 fully saturated rings. The summed E-state index contributed by atoms with van der Waals surface area (Å²) in [5.41, 5.74) is -0.408. The zero-order valence-corrected chi connectivity index (χ0v) is 11.4. The van der Waals surface area contributed by atoms with Crippen molar-refractivity contribution in [3.63, 3.8) is 0 Å². The summed E-state index contributed by atoms with van der Waals surface area (Å²) in [7, 11) is 0. The Morgan fingerprint density at radius 2 is 1.90 bits per heavy atom. The Labute approximate surface area is 116 Å². The molecule has 112 valence electrons. The van der Waals surface area contributed by atoms with Crippen molar-refractivity contribution in [2.75, 3.05) is 24.6 Å². The Morgan fingerprint density at radius 1 is 1.30 bits per heavy atom. The van der Waals surface area contributed by atoms with Gasteiger partial charge in [-0.2, -0.15) is 13.2 Å². The molecule has 0 saturated carbocycles. The number of morpholine rings is 1. The summed E-state index contributed by atoms with van der Waals surface area (Å²) in [6, 6.07) is 5.06. The molecule has 1 heterocycles. The Bertz CT molecular complexity index is 456. The Hall–Kier alpha value is -1.27. The highest BCUT2D eigenvalue weighted by atomic mass is 19.4. The number of nitrogens with zero attached hydrogens (tertiary/aromatic N) is 1. The fourth-order valence-corrected chi connectivity index (χ4v) is 2.45. The minimum absolute atomic E-state index is 0.111. The number of rotatable bonds is 2. The molecule has 1 aliphatic rings. The Morgan fingerprint density at radius 3 is 2.40 bits per heavy atom. The van der Waals surface area contributed by atoms with E-state index >= 15 is 0 Å². The van der Waals surface area contributed by atoms with Crippen molar-refractivity contribution in [2.45, 2.75) is 31.7 Å². The van der Waals surface area contributed by atoms with Gasteiger partial charge in [0.25, 0.3) is 0 Å². The van der Waals surface area contributed by atoms with E-state index in [1.54, 1.807) is 0 Å². The highest BCUT2D eigenvalue weighted by Gasteiger charge is 2.34. The zero-order valence-electron chi connectivity index (χ0n) is 11.4. The van der Waals surface area contributed by atoms with Crippen LogP contribution in [0.25, 0.3) is 0 Å². The molecule has 0 radical (unpaired) electrons. The third-order valence-corrected chi connectivity index (χ3v) is 3.24. The minimum atomic E-state index is -4.32. The molecule has 0 aromatic heterocycles. The SMILES string of the molecule is CC1(C)CN(c2ccc(C(F)(F)F)cc2)CC(CO)O1. The molecule has 1 unspecified atom stereocenters.